The first kappa shape index (κ1) is 25.1. The molecule has 5 rings (SSSR count). The molecule has 2 heterocycles. The van der Waals surface area contributed by atoms with Gasteiger partial charge in [0.05, 0.1) is 22.4 Å². The topological polar surface area (TPSA) is 36.9 Å². The Hall–Kier alpha value is -1.59. The molecule has 2 aliphatic heterocycles. The summed E-state index contributed by atoms with van der Waals surface area (Å²) in [5.41, 5.74) is 8.22. The molecule has 35 heavy (non-hydrogen) atoms. The molecule has 0 amide bonds. The summed E-state index contributed by atoms with van der Waals surface area (Å²) in [7, 11) is -0.737. The van der Waals surface area contributed by atoms with Crippen LogP contribution >= 0.6 is 0 Å². The van der Waals surface area contributed by atoms with Crippen molar-refractivity contribution in [2.45, 2.75) is 111 Å². The van der Waals surface area contributed by atoms with Crippen LogP contribution in [0.5, 0.6) is 0 Å². The van der Waals surface area contributed by atoms with Crippen molar-refractivity contribution in [3.63, 3.8) is 0 Å². The molecule has 2 aromatic rings. The molecule has 1 aliphatic carbocycles. The van der Waals surface area contributed by atoms with Crippen molar-refractivity contribution in [1.82, 2.24) is 0 Å². The van der Waals surface area contributed by atoms with E-state index in [1.54, 1.807) is 0 Å². The van der Waals surface area contributed by atoms with E-state index in [2.05, 4.69) is 107 Å². The van der Waals surface area contributed by atoms with E-state index in [1.165, 1.54) is 33.4 Å². The fraction of sp³-hybridized carbons (Fsp3) is 0.586. The maximum atomic E-state index is 6.43. The van der Waals surface area contributed by atoms with Crippen molar-refractivity contribution in [3.8, 4) is 11.1 Å². The lowest BCUT2D eigenvalue weighted by Gasteiger charge is -2.32. The number of hydrogen-bond acceptors (Lipinski definition) is 4. The third-order valence-corrected chi connectivity index (χ3v) is 9.46. The third-order valence-electron chi connectivity index (χ3n) is 9.46. The Balaban J connectivity index is 1.58. The van der Waals surface area contributed by atoms with E-state index in [0.29, 0.717) is 0 Å². The molecule has 0 N–H and O–H groups in total. The molecule has 6 heteroatoms. The fourth-order valence-electron chi connectivity index (χ4n) is 5.52. The SMILES string of the molecule is Cc1cc2c(cc1B1OC(C)(C)C(C)(C)O1)C(C)(C)c1cc(B3OC(C)(C)C(C)(C)O3)c(C)cc1-2. The molecule has 0 spiro atoms. The van der Waals surface area contributed by atoms with Crippen LogP contribution in [0.1, 0.15) is 91.5 Å². The summed E-state index contributed by atoms with van der Waals surface area (Å²) in [4.78, 5) is 0. The minimum Gasteiger partial charge on any atom is -0.399 e. The van der Waals surface area contributed by atoms with Crippen LogP contribution in [-0.4, -0.2) is 36.6 Å². The second kappa shape index (κ2) is 7.25. The quantitative estimate of drug-likeness (QED) is 0.561. The molecule has 0 aromatic heterocycles. The zero-order valence-electron chi connectivity index (χ0n) is 23.6. The lowest BCUT2D eigenvalue weighted by Crippen LogP contribution is -2.41. The number of benzene rings is 2. The van der Waals surface area contributed by atoms with Gasteiger partial charge in [-0.2, -0.15) is 0 Å². The van der Waals surface area contributed by atoms with Gasteiger partial charge in [0, 0.05) is 5.41 Å². The second-order valence-electron chi connectivity index (χ2n) is 13.3. The van der Waals surface area contributed by atoms with Gasteiger partial charge in [0.15, 0.2) is 0 Å². The maximum Gasteiger partial charge on any atom is 0.495 e. The molecular formula is C29H40B2O4. The number of hydrogen-bond donors (Lipinski definition) is 0. The fourth-order valence-corrected chi connectivity index (χ4v) is 5.52. The van der Waals surface area contributed by atoms with Crippen molar-refractivity contribution in [3.05, 3.63) is 46.5 Å². The number of rotatable bonds is 2. The summed E-state index contributed by atoms with van der Waals surface area (Å²) >= 11 is 0. The van der Waals surface area contributed by atoms with Gasteiger partial charge in [0.1, 0.15) is 0 Å². The molecule has 0 atom stereocenters. The highest BCUT2D eigenvalue weighted by Gasteiger charge is 2.54. The summed E-state index contributed by atoms with van der Waals surface area (Å²) < 4.78 is 25.7. The minimum atomic E-state index is -0.369. The standard InChI is InChI=1S/C29H40B2O4/c1-17-13-19-20-14-18(2)24(31-34-28(9,10)29(11,12)35-31)16-22(20)25(3,4)21(19)15-23(17)30-32-26(5,6)27(7,8)33-30/h13-16H,1-12H3. The van der Waals surface area contributed by atoms with Crippen molar-refractivity contribution in [2.24, 2.45) is 0 Å². The second-order valence-corrected chi connectivity index (χ2v) is 13.3. The molecule has 0 saturated carbocycles. The largest absolute Gasteiger partial charge is 0.495 e. The molecule has 4 nitrogen and oxygen atoms in total. The van der Waals surface area contributed by atoms with Gasteiger partial charge in [-0.15, -0.1) is 0 Å². The van der Waals surface area contributed by atoms with Gasteiger partial charge in [-0.3, -0.25) is 0 Å². The molecular weight excluding hydrogens is 434 g/mol. The summed E-state index contributed by atoms with van der Waals surface area (Å²) in [6.07, 6.45) is 0. The van der Waals surface area contributed by atoms with Gasteiger partial charge in [-0.25, -0.2) is 0 Å². The Morgan fingerprint density at radius 3 is 1.06 bits per heavy atom. The first-order valence-electron chi connectivity index (χ1n) is 12.9. The monoisotopic (exact) mass is 474 g/mol. The highest BCUT2D eigenvalue weighted by Crippen LogP contribution is 2.49. The van der Waals surface area contributed by atoms with Crippen LogP contribution in [0, 0.1) is 13.8 Å². The summed E-state index contributed by atoms with van der Waals surface area (Å²) in [6.45, 7) is 25.8. The normalized spacial score (nSPS) is 24.6. The average Bonchev–Trinajstić information content (AvgIpc) is 3.14. The Morgan fingerprint density at radius 1 is 0.486 bits per heavy atom. The zero-order chi connectivity index (χ0) is 25.9. The molecule has 0 unspecified atom stereocenters. The molecule has 2 fully saturated rings. The summed E-state index contributed by atoms with van der Waals surface area (Å²) in [5, 5.41) is 0. The summed E-state index contributed by atoms with van der Waals surface area (Å²) in [5.74, 6) is 0. The highest BCUT2D eigenvalue weighted by molar-refractivity contribution is 6.63. The minimum absolute atomic E-state index is 0.164. The van der Waals surface area contributed by atoms with E-state index < -0.39 is 0 Å². The predicted molar refractivity (Wildman–Crippen MR) is 145 cm³/mol. The highest BCUT2D eigenvalue weighted by atomic mass is 16.7. The van der Waals surface area contributed by atoms with Crippen LogP contribution in [0.15, 0.2) is 24.3 Å². The third kappa shape index (κ3) is 3.51. The van der Waals surface area contributed by atoms with Gasteiger partial charge < -0.3 is 18.6 Å². The van der Waals surface area contributed by atoms with Gasteiger partial charge >= 0.3 is 14.2 Å². The molecule has 186 valence electrons. The number of fused-ring (bicyclic) bond motifs is 3. The molecule has 3 aliphatic rings. The maximum absolute atomic E-state index is 6.43. The van der Waals surface area contributed by atoms with Crippen molar-refractivity contribution < 1.29 is 18.6 Å². The van der Waals surface area contributed by atoms with Crippen molar-refractivity contribution in [1.29, 1.82) is 0 Å². The van der Waals surface area contributed by atoms with E-state index in [4.69, 9.17) is 18.6 Å². The molecule has 0 bridgehead atoms. The molecule has 2 aromatic carbocycles. The lowest BCUT2D eigenvalue weighted by molar-refractivity contribution is 0.00578. The summed E-state index contributed by atoms with van der Waals surface area (Å²) in [6, 6.07) is 9.27. The van der Waals surface area contributed by atoms with Crippen LogP contribution in [0.4, 0.5) is 0 Å². The van der Waals surface area contributed by atoms with E-state index in [0.717, 1.165) is 10.9 Å². The van der Waals surface area contributed by atoms with Crippen LogP contribution in [0.3, 0.4) is 0 Å². The Kier molecular flexibility index (Phi) is 5.19. The van der Waals surface area contributed by atoms with Crippen molar-refractivity contribution in [2.75, 3.05) is 0 Å². The average molecular weight is 474 g/mol. The van der Waals surface area contributed by atoms with Gasteiger partial charge in [0.2, 0.25) is 0 Å². The molecule has 2 saturated heterocycles. The lowest BCUT2D eigenvalue weighted by atomic mass is 9.71. The van der Waals surface area contributed by atoms with Gasteiger partial charge in [-0.1, -0.05) is 49.2 Å². The van der Waals surface area contributed by atoms with E-state index in [-0.39, 0.29) is 42.1 Å². The van der Waals surface area contributed by atoms with Crippen LogP contribution in [0.25, 0.3) is 11.1 Å². The molecule has 0 radical (unpaired) electrons. The first-order chi connectivity index (χ1) is 15.9. The number of aryl methyl sites for hydroxylation is 2. The smallest absolute Gasteiger partial charge is 0.399 e. The zero-order valence-corrected chi connectivity index (χ0v) is 23.6. The van der Waals surface area contributed by atoms with Crippen LogP contribution in [-0.2, 0) is 24.0 Å². The van der Waals surface area contributed by atoms with Gasteiger partial charge in [-0.05, 0) is 102 Å². The predicted octanol–water partition coefficient (Wildman–Crippen LogP) is 5.21. The Labute approximate surface area is 212 Å². The Morgan fingerprint density at radius 2 is 0.771 bits per heavy atom. The van der Waals surface area contributed by atoms with Crippen LogP contribution in [0.2, 0.25) is 0 Å². The van der Waals surface area contributed by atoms with E-state index in [1.807, 2.05) is 0 Å². The van der Waals surface area contributed by atoms with Gasteiger partial charge in [0.25, 0.3) is 0 Å². The van der Waals surface area contributed by atoms with E-state index in [9.17, 15) is 0 Å². The van der Waals surface area contributed by atoms with Crippen molar-refractivity contribution >= 4 is 25.2 Å². The van der Waals surface area contributed by atoms with E-state index >= 15 is 0 Å². The Bertz CT molecular complexity index is 1100. The van der Waals surface area contributed by atoms with Crippen LogP contribution < -0.4 is 10.9 Å². The first-order valence-corrected chi connectivity index (χ1v) is 12.9.